The molecule has 0 aliphatic carbocycles. The summed E-state index contributed by atoms with van der Waals surface area (Å²) in [6.45, 7) is 1.91. The van der Waals surface area contributed by atoms with Gasteiger partial charge in [-0.2, -0.15) is 0 Å². The minimum Gasteiger partial charge on any atom is -0.449 e. The summed E-state index contributed by atoms with van der Waals surface area (Å²) in [6.07, 6.45) is 0. The first-order chi connectivity index (χ1) is 12.7. The Morgan fingerprint density at radius 2 is 1.54 bits per heavy atom. The summed E-state index contributed by atoms with van der Waals surface area (Å²) in [6, 6.07) is 24.9. The molecule has 2 aromatic carbocycles. The van der Waals surface area contributed by atoms with Crippen LogP contribution in [0.3, 0.4) is 0 Å². The van der Waals surface area contributed by atoms with Gasteiger partial charge in [-0.3, -0.25) is 4.79 Å². The number of pyridine rings is 1. The van der Waals surface area contributed by atoms with Crippen molar-refractivity contribution in [2.45, 2.75) is 13.0 Å². The molecule has 4 rings (SSSR count). The minimum atomic E-state index is -0.265. The number of carbonyl (C=O) groups excluding carboxylic acids is 1. The third-order valence-corrected chi connectivity index (χ3v) is 4.28. The lowest BCUT2D eigenvalue weighted by Crippen LogP contribution is -2.29. The van der Waals surface area contributed by atoms with Crippen molar-refractivity contribution < 1.29 is 9.21 Å². The van der Waals surface area contributed by atoms with E-state index in [1.165, 1.54) is 0 Å². The van der Waals surface area contributed by atoms with Gasteiger partial charge in [-0.05, 0) is 30.2 Å². The van der Waals surface area contributed by atoms with Gasteiger partial charge in [-0.25, -0.2) is 4.98 Å². The first kappa shape index (κ1) is 16.1. The van der Waals surface area contributed by atoms with E-state index in [0.29, 0.717) is 11.1 Å². The standard InChI is InChI=1S/C22H18N2O2/c1-15-12-13-19-18(23-15)14-20(26-19)22(25)24-21(16-8-4-2-5-9-16)17-10-6-3-7-11-17/h2-14,21H,1H3,(H,24,25). The van der Waals surface area contributed by atoms with Crippen LogP contribution in [-0.2, 0) is 0 Å². The maximum atomic E-state index is 12.8. The molecule has 0 aliphatic rings. The van der Waals surface area contributed by atoms with Gasteiger partial charge in [-0.15, -0.1) is 0 Å². The van der Waals surface area contributed by atoms with E-state index < -0.39 is 0 Å². The van der Waals surface area contributed by atoms with Crippen LogP contribution in [0.2, 0.25) is 0 Å². The molecule has 0 bridgehead atoms. The fourth-order valence-electron chi connectivity index (χ4n) is 2.99. The zero-order valence-electron chi connectivity index (χ0n) is 14.3. The number of hydrogen-bond donors (Lipinski definition) is 1. The number of rotatable bonds is 4. The van der Waals surface area contributed by atoms with Crippen molar-refractivity contribution in [3.8, 4) is 0 Å². The second kappa shape index (κ2) is 6.84. The van der Waals surface area contributed by atoms with Gasteiger partial charge in [-0.1, -0.05) is 60.7 Å². The topological polar surface area (TPSA) is 55.1 Å². The zero-order chi connectivity index (χ0) is 17.9. The molecule has 0 fully saturated rings. The van der Waals surface area contributed by atoms with Crippen molar-refractivity contribution >= 4 is 17.0 Å². The highest BCUT2D eigenvalue weighted by Gasteiger charge is 2.20. The van der Waals surface area contributed by atoms with Gasteiger partial charge in [0.15, 0.2) is 11.3 Å². The molecule has 4 aromatic rings. The largest absolute Gasteiger partial charge is 0.449 e. The monoisotopic (exact) mass is 342 g/mol. The lowest BCUT2D eigenvalue weighted by atomic mass is 9.98. The number of aromatic nitrogens is 1. The van der Waals surface area contributed by atoms with Crippen LogP contribution in [0.15, 0.2) is 83.3 Å². The fraction of sp³-hybridized carbons (Fsp3) is 0.0909. The van der Waals surface area contributed by atoms with E-state index >= 15 is 0 Å². The molecule has 1 N–H and O–H groups in total. The number of amides is 1. The Morgan fingerprint density at radius 3 is 2.15 bits per heavy atom. The third-order valence-electron chi connectivity index (χ3n) is 4.28. The SMILES string of the molecule is Cc1ccc2oc(C(=O)NC(c3ccccc3)c3ccccc3)cc2n1. The number of nitrogens with zero attached hydrogens (tertiary/aromatic N) is 1. The number of carbonyl (C=O) groups is 1. The Bertz CT molecular complexity index is 1000. The van der Waals surface area contributed by atoms with Crippen LogP contribution in [0.25, 0.3) is 11.1 Å². The van der Waals surface area contributed by atoms with Crippen LogP contribution in [0.4, 0.5) is 0 Å². The van der Waals surface area contributed by atoms with Gasteiger partial charge in [0.05, 0.1) is 6.04 Å². The van der Waals surface area contributed by atoms with Crippen LogP contribution in [-0.4, -0.2) is 10.9 Å². The van der Waals surface area contributed by atoms with Gasteiger partial charge < -0.3 is 9.73 Å². The number of aryl methyl sites for hydroxylation is 1. The van der Waals surface area contributed by atoms with Crippen LogP contribution in [0.5, 0.6) is 0 Å². The van der Waals surface area contributed by atoms with Crippen molar-refractivity contribution in [2.75, 3.05) is 0 Å². The molecule has 0 aliphatic heterocycles. The predicted octanol–water partition coefficient (Wildman–Crippen LogP) is 4.66. The highest BCUT2D eigenvalue weighted by molar-refractivity contribution is 5.95. The number of benzene rings is 2. The molecule has 0 unspecified atom stereocenters. The third kappa shape index (κ3) is 3.22. The van der Waals surface area contributed by atoms with Crippen molar-refractivity contribution in [3.63, 3.8) is 0 Å². The van der Waals surface area contributed by atoms with Crippen LogP contribution in [0, 0.1) is 6.92 Å². The summed E-state index contributed by atoms with van der Waals surface area (Å²) >= 11 is 0. The summed E-state index contributed by atoms with van der Waals surface area (Å²) in [5, 5.41) is 3.08. The molecule has 1 amide bonds. The molecule has 26 heavy (non-hydrogen) atoms. The fourth-order valence-corrected chi connectivity index (χ4v) is 2.99. The lowest BCUT2D eigenvalue weighted by Gasteiger charge is -2.19. The molecule has 4 nitrogen and oxygen atoms in total. The average Bonchev–Trinajstić information content (AvgIpc) is 3.10. The van der Waals surface area contributed by atoms with Gasteiger partial charge >= 0.3 is 0 Å². The number of furan rings is 1. The summed E-state index contributed by atoms with van der Waals surface area (Å²) < 4.78 is 5.68. The Morgan fingerprint density at radius 1 is 0.923 bits per heavy atom. The Labute approximate surface area is 151 Å². The number of hydrogen-bond acceptors (Lipinski definition) is 3. The summed E-state index contributed by atoms with van der Waals surface area (Å²) in [7, 11) is 0. The molecule has 0 spiro atoms. The Hall–Kier alpha value is -3.40. The highest BCUT2D eigenvalue weighted by atomic mass is 16.3. The van der Waals surface area contributed by atoms with Gasteiger partial charge in [0, 0.05) is 11.8 Å². The van der Waals surface area contributed by atoms with Crippen LogP contribution < -0.4 is 5.32 Å². The molecule has 2 aromatic heterocycles. The van der Waals surface area contributed by atoms with Gasteiger partial charge in [0.25, 0.3) is 5.91 Å². The number of fused-ring (bicyclic) bond motifs is 1. The lowest BCUT2D eigenvalue weighted by molar-refractivity contribution is 0.0917. The van der Waals surface area contributed by atoms with Gasteiger partial charge in [0.1, 0.15) is 5.52 Å². The highest BCUT2D eigenvalue weighted by Crippen LogP contribution is 2.24. The molecule has 0 atom stereocenters. The molecule has 2 heterocycles. The maximum Gasteiger partial charge on any atom is 0.287 e. The first-order valence-electron chi connectivity index (χ1n) is 8.49. The van der Waals surface area contributed by atoms with E-state index in [1.807, 2.05) is 79.7 Å². The van der Waals surface area contributed by atoms with Crippen molar-refractivity contribution in [2.24, 2.45) is 0 Å². The van der Waals surface area contributed by atoms with Crippen molar-refractivity contribution in [1.82, 2.24) is 10.3 Å². The Kier molecular flexibility index (Phi) is 4.23. The van der Waals surface area contributed by atoms with Crippen molar-refractivity contribution in [3.05, 3.63) is 101 Å². The molecule has 0 radical (unpaired) electrons. The summed E-state index contributed by atoms with van der Waals surface area (Å²) in [5.41, 5.74) is 4.20. The second-order valence-electron chi connectivity index (χ2n) is 6.17. The number of nitrogens with one attached hydrogen (secondary N) is 1. The van der Waals surface area contributed by atoms with E-state index in [-0.39, 0.29) is 17.7 Å². The maximum absolute atomic E-state index is 12.8. The van der Waals surface area contributed by atoms with E-state index in [4.69, 9.17) is 4.42 Å². The molecule has 0 saturated heterocycles. The quantitative estimate of drug-likeness (QED) is 0.587. The summed E-state index contributed by atoms with van der Waals surface area (Å²) in [5.74, 6) is -0.00618. The van der Waals surface area contributed by atoms with E-state index in [9.17, 15) is 4.79 Å². The Balaban J connectivity index is 1.67. The molecular weight excluding hydrogens is 324 g/mol. The van der Waals surface area contributed by atoms with Crippen molar-refractivity contribution in [1.29, 1.82) is 0 Å². The molecule has 4 heteroatoms. The molecule has 0 saturated carbocycles. The van der Waals surface area contributed by atoms with Crippen LogP contribution >= 0.6 is 0 Å². The average molecular weight is 342 g/mol. The zero-order valence-corrected chi connectivity index (χ0v) is 14.3. The minimum absolute atomic E-state index is 0.257. The predicted molar refractivity (Wildman–Crippen MR) is 101 cm³/mol. The second-order valence-corrected chi connectivity index (χ2v) is 6.17. The van der Waals surface area contributed by atoms with E-state index in [0.717, 1.165) is 16.8 Å². The normalized spacial score (nSPS) is 11.0. The van der Waals surface area contributed by atoms with E-state index in [2.05, 4.69) is 10.3 Å². The van der Waals surface area contributed by atoms with E-state index in [1.54, 1.807) is 6.07 Å². The molecular formula is C22H18N2O2. The first-order valence-corrected chi connectivity index (χ1v) is 8.49. The smallest absolute Gasteiger partial charge is 0.287 e. The van der Waals surface area contributed by atoms with Gasteiger partial charge in [0.2, 0.25) is 0 Å². The molecule has 128 valence electrons. The van der Waals surface area contributed by atoms with Crippen LogP contribution in [0.1, 0.15) is 33.4 Å². The summed E-state index contributed by atoms with van der Waals surface area (Å²) in [4.78, 5) is 17.2.